The molecule has 4 heterocycles. The highest BCUT2D eigenvalue weighted by Gasteiger charge is 2.71. The van der Waals surface area contributed by atoms with Crippen LogP contribution in [0.25, 0.3) is 0 Å². The van der Waals surface area contributed by atoms with Gasteiger partial charge in [-0.1, -0.05) is 84.1 Å². The van der Waals surface area contributed by atoms with Crippen molar-refractivity contribution in [2.75, 3.05) is 33.3 Å². The molecule has 6 fully saturated rings. The fourth-order valence-electron chi connectivity index (χ4n) is 11.1. The van der Waals surface area contributed by atoms with Crippen LogP contribution in [0.2, 0.25) is 0 Å². The maximum atomic E-state index is 13.5. The summed E-state index contributed by atoms with van der Waals surface area (Å²) < 4.78 is 87.1. The summed E-state index contributed by atoms with van der Waals surface area (Å²) in [6, 6.07) is -2.96. The molecule has 27 heteroatoms. The number of carbonyl (C=O) groups excluding carboxylic acids is 9. The number of nitriles is 2. The minimum absolute atomic E-state index is 0. The number of methoxy groups -OCH3 is 1. The predicted molar refractivity (Wildman–Crippen MR) is 301 cm³/mol. The molecule has 2 saturated carbocycles. The van der Waals surface area contributed by atoms with Gasteiger partial charge in [0.25, 0.3) is 0 Å². The van der Waals surface area contributed by atoms with Gasteiger partial charge in [-0.15, -0.1) is 0 Å². The zero-order valence-corrected chi connectivity index (χ0v) is 50.7. The Morgan fingerprint density at radius 1 is 0.624 bits per heavy atom. The van der Waals surface area contributed by atoms with Crippen LogP contribution >= 0.6 is 0 Å². The molecule has 0 radical (unpaired) electrons. The molecule has 0 bridgehead atoms. The number of esters is 1. The summed E-state index contributed by atoms with van der Waals surface area (Å²) in [5, 5.41) is 33.4. The predicted octanol–water partition coefficient (Wildman–Crippen LogP) is 5.86. The number of hydrogen-bond acceptors (Lipinski definition) is 13. The van der Waals surface area contributed by atoms with Crippen molar-refractivity contribution in [2.45, 2.75) is 212 Å². The smallest absolute Gasteiger partial charge is 0.463 e. The number of rotatable bonds is 13. The number of piperidine rings is 2. The molecule has 8 amide bonds. The van der Waals surface area contributed by atoms with E-state index in [0.29, 0.717) is 25.9 Å². The van der Waals surface area contributed by atoms with Gasteiger partial charge in [0, 0.05) is 52.0 Å². The third-order valence-corrected chi connectivity index (χ3v) is 16.1. The zero-order chi connectivity index (χ0) is 64.1. The van der Waals surface area contributed by atoms with E-state index in [1.54, 1.807) is 17.7 Å². The van der Waals surface area contributed by atoms with Crippen molar-refractivity contribution < 1.29 is 79.0 Å². The lowest BCUT2D eigenvalue weighted by Gasteiger charge is -2.37. The van der Waals surface area contributed by atoms with Gasteiger partial charge in [0.2, 0.25) is 35.4 Å². The summed E-state index contributed by atoms with van der Waals surface area (Å²) in [7, 11) is 1.71. The maximum Gasteiger partial charge on any atom is 0.471 e. The second-order valence-corrected chi connectivity index (χ2v) is 26.7. The van der Waals surface area contributed by atoms with Crippen LogP contribution in [0, 0.1) is 79.8 Å². The minimum atomic E-state index is -5.16. The zero-order valence-electron chi connectivity index (χ0n) is 50.7. The normalized spacial score (nSPS) is 25.4. The Labute approximate surface area is 497 Å². The van der Waals surface area contributed by atoms with Crippen molar-refractivity contribution in [1.82, 2.24) is 41.7 Å². The van der Waals surface area contributed by atoms with Gasteiger partial charge < -0.3 is 51.2 Å². The number of ether oxygens (including phenoxy) is 2. The average molecular weight is 1220 g/mol. The molecule has 0 aromatic carbocycles. The third-order valence-electron chi connectivity index (χ3n) is 16.1. The highest BCUT2D eigenvalue weighted by molar-refractivity contribution is 5.96. The molecule has 0 unspecified atom stereocenters. The van der Waals surface area contributed by atoms with Crippen molar-refractivity contribution in [3.05, 3.63) is 0 Å². The lowest BCUT2D eigenvalue weighted by atomic mass is 9.85. The topological polar surface area (TPSA) is 298 Å². The van der Waals surface area contributed by atoms with Gasteiger partial charge >= 0.3 is 30.1 Å². The van der Waals surface area contributed by atoms with Crippen molar-refractivity contribution in [3.63, 3.8) is 0 Å². The molecule has 2 aliphatic carbocycles. The van der Waals surface area contributed by atoms with Gasteiger partial charge in [-0.2, -0.15) is 36.9 Å². The molecule has 85 heavy (non-hydrogen) atoms. The van der Waals surface area contributed by atoms with Crippen LogP contribution in [0.3, 0.4) is 0 Å². The van der Waals surface area contributed by atoms with E-state index in [9.17, 15) is 80.0 Å². The maximum absolute atomic E-state index is 13.5. The van der Waals surface area contributed by atoms with Crippen LogP contribution in [-0.4, -0.2) is 157 Å². The molecule has 484 valence electrons. The lowest BCUT2D eigenvalue weighted by Crippen LogP contribution is -2.61. The number of nitrogens with one attached hydrogen (secondary N) is 6. The summed E-state index contributed by atoms with van der Waals surface area (Å²) in [5.74, 6) is -9.13. The van der Waals surface area contributed by atoms with Crippen LogP contribution in [-0.2, 0) is 52.6 Å². The van der Waals surface area contributed by atoms with Crippen molar-refractivity contribution in [1.29, 1.82) is 10.5 Å². The Morgan fingerprint density at radius 3 is 1.13 bits per heavy atom. The fourth-order valence-corrected chi connectivity index (χ4v) is 11.1. The Bertz CT molecular complexity index is 2360. The molecule has 0 aromatic rings. The summed E-state index contributed by atoms with van der Waals surface area (Å²) in [4.78, 5) is 113. The summed E-state index contributed by atoms with van der Waals surface area (Å²) >= 11 is 0. The first-order chi connectivity index (χ1) is 37.7. The Hall–Kier alpha value is -6.25. The Kier molecular flexibility index (Phi) is 26.2. The number of carbonyl (C=O) groups is 9. The Morgan fingerprint density at radius 2 is 0.929 bits per heavy atom. The summed E-state index contributed by atoms with van der Waals surface area (Å²) in [5.41, 5.74) is -2.61. The highest BCUT2D eigenvalue weighted by atomic mass is 19.4. The van der Waals surface area contributed by atoms with Crippen LogP contribution in [0.5, 0.6) is 0 Å². The van der Waals surface area contributed by atoms with E-state index >= 15 is 0 Å². The van der Waals surface area contributed by atoms with Crippen LogP contribution in [0.4, 0.5) is 26.3 Å². The van der Waals surface area contributed by atoms with Crippen molar-refractivity contribution >= 4 is 53.2 Å². The number of fused-ring (bicyclic) bond motifs is 2. The van der Waals surface area contributed by atoms with E-state index in [1.807, 2.05) is 74.5 Å². The van der Waals surface area contributed by atoms with Gasteiger partial charge in [-0.25, -0.2) is 0 Å². The van der Waals surface area contributed by atoms with Gasteiger partial charge in [-0.3, -0.25) is 43.2 Å². The van der Waals surface area contributed by atoms with Crippen LogP contribution in [0.15, 0.2) is 0 Å². The van der Waals surface area contributed by atoms with E-state index in [2.05, 4.69) is 26.0 Å². The largest absolute Gasteiger partial charge is 0.471 e. The average Bonchev–Trinajstić information content (AvgIpc) is 1.67. The summed E-state index contributed by atoms with van der Waals surface area (Å²) in [6.45, 7) is 29.4. The molecule has 4 aliphatic heterocycles. The first-order valence-electron chi connectivity index (χ1n) is 27.7. The molecule has 21 nitrogen and oxygen atoms in total. The van der Waals surface area contributed by atoms with E-state index in [0.717, 1.165) is 0 Å². The van der Waals surface area contributed by atoms with Gasteiger partial charge in [0.15, 0.2) is 0 Å². The number of amides is 8. The van der Waals surface area contributed by atoms with Crippen LogP contribution < -0.4 is 31.9 Å². The van der Waals surface area contributed by atoms with Gasteiger partial charge in [0.1, 0.15) is 36.3 Å². The number of alkyl halides is 6. The van der Waals surface area contributed by atoms with E-state index < -0.39 is 107 Å². The molecular weight excluding hydrogens is 1130 g/mol. The third kappa shape index (κ3) is 20.2. The highest BCUT2D eigenvalue weighted by Crippen LogP contribution is 2.66. The number of hydrogen-bond donors (Lipinski definition) is 6. The standard InChI is InChI=1S/2C23H32F3N5O4.C5H10O2.C5H12O.2CH4/c2*1-21(2,3)16(30-20(35)23(24,25)26)19(34)31-10-13-14(22(13,4)5)15(31)18(33)29-12(9-27)8-11-6-7-28-17(11)32;1-4(2)7-5(3)6;1-5(2,3)6-4;;/h2*11-16H,6-8,10H2,1-5H3,(H,28,32)(H,29,33)(H,30,35);4H,1-3H3;1-4H3;2*1H4/t2*11-,12-,13-,14-,15-,16+;;;;/m00..../s1. The molecule has 4 saturated heterocycles. The molecular formula is C58H94F6N10O11. The van der Waals surface area contributed by atoms with E-state index in [-0.39, 0.29) is 105 Å². The second kappa shape index (κ2) is 29.0. The molecule has 6 rings (SSSR count). The summed E-state index contributed by atoms with van der Waals surface area (Å²) in [6.07, 6.45) is -8.96. The lowest BCUT2D eigenvalue weighted by molar-refractivity contribution is -0.176. The molecule has 6 aliphatic rings. The second-order valence-electron chi connectivity index (χ2n) is 26.7. The van der Waals surface area contributed by atoms with E-state index in [1.165, 1.54) is 58.3 Å². The monoisotopic (exact) mass is 1220 g/mol. The SMILES string of the molecule is C.C.CC(=O)OC(C)C.CC(C)(C)[C@H](NC(=O)C(F)(F)F)C(=O)N1C[C@H]2[C@@H]([C@H]1C(=O)N[C@H](C#N)C[C@@H]1CCNC1=O)C2(C)C.CC(C)(C)[C@H](NC(=O)C(F)(F)F)C(=O)N1C[C@H]2[C@@H]([C@H]1C(=O)N[C@H](C#N)C[C@@H]1CCNC1=O)C2(C)C.COC(C)(C)C. The number of nitrogens with zero attached hydrogens (tertiary/aromatic N) is 4. The molecule has 0 aromatic heterocycles. The molecule has 0 spiro atoms. The van der Waals surface area contributed by atoms with Gasteiger partial charge in [-0.05, 0) is 106 Å². The minimum Gasteiger partial charge on any atom is -0.463 e. The van der Waals surface area contributed by atoms with Gasteiger partial charge in [0.05, 0.1) is 23.8 Å². The molecule has 12 atom stereocenters. The number of halogens is 6. The Balaban J connectivity index is 0.000000689. The number of likely N-dealkylation sites (tertiary alicyclic amines) is 2. The first kappa shape index (κ1) is 76.8. The van der Waals surface area contributed by atoms with Crippen LogP contribution in [0.1, 0.15) is 151 Å². The quantitative estimate of drug-likeness (QED) is 0.0932. The van der Waals surface area contributed by atoms with E-state index in [4.69, 9.17) is 4.74 Å². The van der Waals surface area contributed by atoms with Crippen molar-refractivity contribution in [3.8, 4) is 12.1 Å². The first-order valence-corrected chi connectivity index (χ1v) is 27.7. The molecule has 6 N–H and O–H groups in total. The fraction of sp³-hybridized carbons (Fsp3) is 0.810. The van der Waals surface area contributed by atoms with Crippen molar-refractivity contribution in [2.24, 2.45) is 57.2 Å².